The van der Waals surface area contributed by atoms with Crippen LogP contribution in [0.5, 0.6) is 11.5 Å². The van der Waals surface area contributed by atoms with Gasteiger partial charge in [0.15, 0.2) is 11.5 Å². The van der Waals surface area contributed by atoms with Crippen molar-refractivity contribution in [3.05, 3.63) is 28.4 Å². The van der Waals surface area contributed by atoms with Gasteiger partial charge >= 0.3 is 5.97 Å². The van der Waals surface area contributed by atoms with E-state index in [-0.39, 0.29) is 5.76 Å². The summed E-state index contributed by atoms with van der Waals surface area (Å²) in [4.78, 5) is 10.8. The molecule has 0 amide bonds. The third-order valence-electron chi connectivity index (χ3n) is 2.47. The normalized spacial score (nSPS) is 10.3. The molecular weight excluding hydrogens is 318 g/mol. The van der Waals surface area contributed by atoms with Crippen LogP contribution in [0.3, 0.4) is 0 Å². The molecule has 6 nitrogen and oxygen atoms in total. The van der Waals surface area contributed by atoms with Gasteiger partial charge in [0.25, 0.3) is 0 Å². The standard InChI is InChI=1S/C12H10BrNO5/c1-17-10-6(3-4-7(13)11(10)18-2)8-5-9(12(15)16)19-14-8/h3-5H,1-2H3,(H,15,16). The van der Waals surface area contributed by atoms with Crippen LogP contribution in [-0.4, -0.2) is 30.5 Å². The second kappa shape index (κ2) is 5.31. The third-order valence-corrected chi connectivity index (χ3v) is 3.09. The molecule has 0 aliphatic rings. The highest BCUT2D eigenvalue weighted by molar-refractivity contribution is 9.10. The lowest BCUT2D eigenvalue weighted by Crippen LogP contribution is -1.94. The maximum atomic E-state index is 10.8. The lowest BCUT2D eigenvalue weighted by Gasteiger charge is -2.12. The Morgan fingerprint density at radius 3 is 2.53 bits per heavy atom. The number of ether oxygens (including phenoxy) is 2. The highest BCUT2D eigenvalue weighted by Crippen LogP contribution is 2.42. The van der Waals surface area contributed by atoms with Gasteiger partial charge in [-0.3, -0.25) is 0 Å². The molecular formula is C12H10BrNO5. The van der Waals surface area contributed by atoms with Crippen molar-refractivity contribution in [1.29, 1.82) is 0 Å². The van der Waals surface area contributed by atoms with E-state index < -0.39 is 5.97 Å². The van der Waals surface area contributed by atoms with Gasteiger partial charge in [-0.05, 0) is 28.1 Å². The van der Waals surface area contributed by atoms with Gasteiger partial charge in [0.05, 0.1) is 18.7 Å². The van der Waals surface area contributed by atoms with E-state index in [2.05, 4.69) is 21.1 Å². The fraction of sp³-hybridized carbons (Fsp3) is 0.167. The number of halogens is 1. The molecule has 1 N–H and O–H groups in total. The van der Waals surface area contributed by atoms with Crippen molar-refractivity contribution in [3.63, 3.8) is 0 Å². The molecule has 2 rings (SSSR count). The van der Waals surface area contributed by atoms with Gasteiger partial charge in [-0.15, -0.1) is 0 Å². The first-order valence-electron chi connectivity index (χ1n) is 5.19. The molecule has 0 unspecified atom stereocenters. The Balaban J connectivity index is 2.58. The molecule has 1 heterocycles. The smallest absolute Gasteiger partial charge is 0.374 e. The minimum Gasteiger partial charge on any atom is -0.492 e. The molecule has 0 saturated carbocycles. The Kier molecular flexibility index (Phi) is 3.75. The van der Waals surface area contributed by atoms with Crippen LogP contribution in [0.25, 0.3) is 11.3 Å². The number of aromatic carboxylic acids is 1. The number of carboxylic acids is 1. The summed E-state index contributed by atoms with van der Waals surface area (Å²) < 4.78 is 16.0. The molecule has 7 heteroatoms. The minimum atomic E-state index is -1.18. The van der Waals surface area contributed by atoms with Crippen molar-refractivity contribution in [2.24, 2.45) is 0 Å². The van der Waals surface area contributed by atoms with E-state index in [1.54, 1.807) is 12.1 Å². The number of hydrogen-bond acceptors (Lipinski definition) is 5. The Labute approximate surface area is 117 Å². The Bertz CT molecular complexity index is 623. The highest BCUT2D eigenvalue weighted by Gasteiger charge is 2.19. The van der Waals surface area contributed by atoms with Crippen LogP contribution in [0.2, 0.25) is 0 Å². The molecule has 1 aromatic carbocycles. The Hall–Kier alpha value is -2.02. The molecule has 0 aliphatic heterocycles. The average Bonchev–Trinajstić information content (AvgIpc) is 2.87. The largest absolute Gasteiger partial charge is 0.492 e. The van der Waals surface area contributed by atoms with Gasteiger partial charge in [-0.2, -0.15) is 0 Å². The van der Waals surface area contributed by atoms with Crippen molar-refractivity contribution in [1.82, 2.24) is 5.16 Å². The summed E-state index contributed by atoms with van der Waals surface area (Å²) in [7, 11) is 3.00. The summed E-state index contributed by atoms with van der Waals surface area (Å²) in [5.74, 6) is -0.470. The van der Waals surface area contributed by atoms with Crippen molar-refractivity contribution in [2.75, 3.05) is 14.2 Å². The number of rotatable bonds is 4. The van der Waals surface area contributed by atoms with Crippen LogP contribution < -0.4 is 9.47 Å². The van der Waals surface area contributed by atoms with E-state index >= 15 is 0 Å². The Morgan fingerprint density at radius 2 is 2.00 bits per heavy atom. The number of carbonyl (C=O) groups is 1. The fourth-order valence-electron chi connectivity index (χ4n) is 1.64. The molecule has 0 bridgehead atoms. The predicted octanol–water partition coefficient (Wildman–Crippen LogP) is 2.82. The summed E-state index contributed by atoms with van der Waals surface area (Å²) in [6.45, 7) is 0. The van der Waals surface area contributed by atoms with Gasteiger partial charge in [0.2, 0.25) is 5.76 Å². The fourth-order valence-corrected chi connectivity index (χ4v) is 2.11. The highest BCUT2D eigenvalue weighted by atomic mass is 79.9. The number of methoxy groups -OCH3 is 2. The molecule has 1 aromatic heterocycles. The quantitative estimate of drug-likeness (QED) is 0.929. The van der Waals surface area contributed by atoms with Gasteiger partial charge in [-0.1, -0.05) is 5.16 Å². The summed E-state index contributed by atoms with van der Waals surface area (Å²) in [6, 6.07) is 4.81. The molecule has 2 aromatic rings. The number of hydrogen-bond donors (Lipinski definition) is 1. The first kappa shape index (κ1) is 13.4. The van der Waals surface area contributed by atoms with Gasteiger partial charge in [0, 0.05) is 11.6 Å². The second-order valence-electron chi connectivity index (χ2n) is 3.54. The molecule has 0 fully saturated rings. The molecule has 100 valence electrons. The monoisotopic (exact) mass is 327 g/mol. The van der Waals surface area contributed by atoms with E-state index in [4.69, 9.17) is 19.1 Å². The zero-order valence-corrected chi connectivity index (χ0v) is 11.7. The lowest BCUT2D eigenvalue weighted by molar-refractivity contribution is 0.0652. The zero-order chi connectivity index (χ0) is 14.0. The molecule has 0 saturated heterocycles. The van der Waals surface area contributed by atoms with Gasteiger partial charge < -0.3 is 19.1 Å². The first-order chi connectivity index (χ1) is 9.08. The van der Waals surface area contributed by atoms with Gasteiger partial charge in [-0.25, -0.2) is 4.79 Å². The zero-order valence-electron chi connectivity index (χ0n) is 10.1. The van der Waals surface area contributed by atoms with E-state index in [0.717, 1.165) is 4.47 Å². The molecule has 0 radical (unpaired) electrons. The molecule has 0 aliphatic carbocycles. The summed E-state index contributed by atoms with van der Waals surface area (Å²) in [6.07, 6.45) is 0. The van der Waals surface area contributed by atoms with Crippen molar-refractivity contribution in [3.8, 4) is 22.8 Å². The summed E-state index contributed by atoms with van der Waals surface area (Å²) >= 11 is 3.34. The van der Waals surface area contributed by atoms with E-state index in [1.807, 2.05) is 0 Å². The number of nitrogens with zero attached hydrogens (tertiary/aromatic N) is 1. The van der Waals surface area contributed by atoms with Gasteiger partial charge in [0.1, 0.15) is 5.69 Å². The maximum absolute atomic E-state index is 10.8. The predicted molar refractivity (Wildman–Crippen MR) is 69.7 cm³/mol. The Morgan fingerprint density at radius 1 is 1.32 bits per heavy atom. The van der Waals surface area contributed by atoms with Crippen LogP contribution in [0, 0.1) is 0 Å². The van der Waals surface area contributed by atoms with Crippen molar-refractivity contribution in [2.45, 2.75) is 0 Å². The molecule has 0 spiro atoms. The van der Waals surface area contributed by atoms with Crippen LogP contribution in [-0.2, 0) is 0 Å². The third kappa shape index (κ3) is 2.41. The average molecular weight is 328 g/mol. The van der Waals surface area contributed by atoms with E-state index in [1.165, 1.54) is 20.3 Å². The topological polar surface area (TPSA) is 81.8 Å². The SMILES string of the molecule is COc1c(Br)ccc(-c2cc(C(=O)O)on2)c1OC. The van der Waals surface area contributed by atoms with Crippen molar-refractivity contribution >= 4 is 21.9 Å². The van der Waals surface area contributed by atoms with E-state index in [9.17, 15) is 4.79 Å². The minimum absolute atomic E-state index is 0.237. The second-order valence-corrected chi connectivity index (χ2v) is 4.40. The van der Waals surface area contributed by atoms with Crippen LogP contribution >= 0.6 is 15.9 Å². The molecule has 19 heavy (non-hydrogen) atoms. The van der Waals surface area contributed by atoms with E-state index in [0.29, 0.717) is 22.8 Å². The van der Waals surface area contributed by atoms with Crippen LogP contribution in [0.4, 0.5) is 0 Å². The first-order valence-corrected chi connectivity index (χ1v) is 5.98. The van der Waals surface area contributed by atoms with Crippen LogP contribution in [0.1, 0.15) is 10.6 Å². The molecule has 0 atom stereocenters. The summed E-state index contributed by atoms with van der Waals surface area (Å²) in [5, 5.41) is 12.5. The number of benzene rings is 1. The lowest BCUT2D eigenvalue weighted by atomic mass is 10.1. The maximum Gasteiger partial charge on any atom is 0.374 e. The number of carboxylic acid groups (broad SMARTS) is 1. The number of aromatic nitrogens is 1. The van der Waals surface area contributed by atoms with Crippen molar-refractivity contribution < 1.29 is 23.9 Å². The summed E-state index contributed by atoms with van der Waals surface area (Å²) in [5.41, 5.74) is 0.943. The van der Waals surface area contributed by atoms with Crippen LogP contribution in [0.15, 0.2) is 27.2 Å².